The Morgan fingerprint density at radius 1 is 1.32 bits per heavy atom. The Kier molecular flexibility index (Phi) is 4.93. The normalized spacial score (nSPS) is 18.0. The van der Waals surface area contributed by atoms with Gasteiger partial charge in [-0.2, -0.15) is 0 Å². The second-order valence-electron chi connectivity index (χ2n) is 4.90. The average Bonchev–Trinajstić information content (AvgIpc) is 2.46. The van der Waals surface area contributed by atoms with Crippen LogP contribution in [0, 0.1) is 6.92 Å². The maximum absolute atomic E-state index is 12.0. The summed E-state index contributed by atoms with van der Waals surface area (Å²) >= 11 is 0. The molecule has 0 amide bonds. The standard InChI is InChI=1S/C15H21NO3/c1-12-3-5-13(6-4-12)14(15(17)18-2)11-16-7-9-19-10-8-16/h3-6,14H,7-11H2,1-2H3. The highest BCUT2D eigenvalue weighted by Crippen LogP contribution is 2.20. The van der Waals surface area contributed by atoms with Crippen LogP contribution in [0.15, 0.2) is 24.3 Å². The Balaban J connectivity index is 2.10. The summed E-state index contributed by atoms with van der Waals surface area (Å²) in [4.78, 5) is 14.2. The first-order valence-corrected chi connectivity index (χ1v) is 6.65. The number of ether oxygens (including phenoxy) is 2. The van der Waals surface area contributed by atoms with Crippen molar-refractivity contribution in [3.63, 3.8) is 0 Å². The van der Waals surface area contributed by atoms with Crippen LogP contribution in [0.5, 0.6) is 0 Å². The van der Waals surface area contributed by atoms with Crippen LogP contribution in [0.4, 0.5) is 0 Å². The summed E-state index contributed by atoms with van der Waals surface area (Å²) < 4.78 is 10.3. The molecule has 4 nitrogen and oxygen atoms in total. The Morgan fingerprint density at radius 2 is 1.95 bits per heavy atom. The lowest BCUT2D eigenvalue weighted by molar-refractivity contribution is -0.143. The highest BCUT2D eigenvalue weighted by atomic mass is 16.5. The lowest BCUT2D eigenvalue weighted by Gasteiger charge is -2.29. The van der Waals surface area contributed by atoms with Crippen LogP contribution >= 0.6 is 0 Å². The van der Waals surface area contributed by atoms with E-state index >= 15 is 0 Å². The summed E-state index contributed by atoms with van der Waals surface area (Å²) in [5.41, 5.74) is 2.21. The molecule has 1 aromatic rings. The predicted octanol–water partition coefficient (Wildman–Crippen LogP) is 1.58. The third-order valence-corrected chi connectivity index (χ3v) is 3.51. The number of nitrogens with zero attached hydrogens (tertiary/aromatic N) is 1. The fourth-order valence-electron chi connectivity index (χ4n) is 2.30. The van der Waals surface area contributed by atoms with Crippen LogP contribution in [0.2, 0.25) is 0 Å². The molecule has 0 radical (unpaired) electrons. The molecule has 0 bridgehead atoms. The molecule has 1 heterocycles. The van der Waals surface area contributed by atoms with Gasteiger partial charge in [0.15, 0.2) is 0 Å². The number of benzene rings is 1. The number of methoxy groups -OCH3 is 1. The summed E-state index contributed by atoms with van der Waals surface area (Å²) in [6.07, 6.45) is 0. The maximum atomic E-state index is 12.0. The summed E-state index contributed by atoms with van der Waals surface area (Å²) in [5.74, 6) is -0.390. The number of carbonyl (C=O) groups excluding carboxylic acids is 1. The first-order chi connectivity index (χ1) is 9.20. The van der Waals surface area contributed by atoms with Gasteiger partial charge in [-0.05, 0) is 12.5 Å². The molecule has 1 aromatic carbocycles. The van der Waals surface area contributed by atoms with E-state index in [1.165, 1.54) is 12.7 Å². The van der Waals surface area contributed by atoms with E-state index in [2.05, 4.69) is 4.90 Å². The van der Waals surface area contributed by atoms with Crippen molar-refractivity contribution in [3.05, 3.63) is 35.4 Å². The van der Waals surface area contributed by atoms with E-state index in [0.717, 1.165) is 31.9 Å². The van der Waals surface area contributed by atoms with Crippen molar-refractivity contribution in [1.82, 2.24) is 4.90 Å². The maximum Gasteiger partial charge on any atom is 0.314 e. The summed E-state index contributed by atoms with van der Waals surface area (Å²) in [7, 11) is 1.45. The van der Waals surface area contributed by atoms with E-state index in [1.54, 1.807) is 0 Å². The number of aryl methyl sites for hydroxylation is 1. The zero-order valence-corrected chi connectivity index (χ0v) is 11.6. The minimum atomic E-state index is -0.219. The minimum absolute atomic E-state index is 0.171. The molecule has 1 unspecified atom stereocenters. The molecule has 0 aromatic heterocycles. The van der Waals surface area contributed by atoms with Gasteiger partial charge in [0.2, 0.25) is 0 Å². The van der Waals surface area contributed by atoms with Crippen LogP contribution in [-0.2, 0) is 14.3 Å². The van der Waals surface area contributed by atoms with Gasteiger partial charge in [-0.25, -0.2) is 0 Å². The molecule has 2 rings (SSSR count). The molecule has 1 atom stereocenters. The number of esters is 1. The summed E-state index contributed by atoms with van der Waals surface area (Å²) in [6.45, 7) is 5.96. The first kappa shape index (κ1) is 14.0. The van der Waals surface area contributed by atoms with Crippen LogP contribution in [0.25, 0.3) is 0 Å². The van der Waals surface area contributed by atoms with Crippen molar-refractivity contribution in [1.29, 1.82) is 0 Å². The molecule has 0 saturated carbocycles. The third-order valence-electron chi connectivity index (χ3n) is 3.51. The highest BCUT2D eigenvalue weighted by Gasteiger charge is 2.25. The molecule has 19 heavy (non-hydrogen) atoms. The van der Waals surface area contributed by atoms with Gasteiger partial charge in [-0.15, -0.1) is 0 Å². The van der Waals surface area contributed by atoms with E-state index in [1.807, 2.05) is 31.2 Å². The van der Waals surface area contributed by atoms with Gasteiger partial charge in [-0.1, -0.05) is 29.8 Å². The molecule has 1 saturated heterocycles. The van der Waals surface area contributed by atoms with Gasteiger partial charge < -0.3 is 9.47 Å². The van der Waals surface area contributed by atoms with Gasteiger partial charge in [0, 0.05) is 19.6 Å². The van der Waals surface area contributed by atoms with Gasteiger partial charge in [0.05, 0.1) is 26.2 Å². The van der Waals surface area contributed by atoms with Crippen LogP contribution in [0.3, 0.4) is 0 Å². The van der Waals surface area contributed by atoms with E-state index in [4.69, 9.17) is 9.47 Å². The largest absolute Gasteiger partial charge is 0.469 e. The predicted molar refractivity (Wildman–Crippen MR) is 73.2 cm³/mol. The third kappa shape index (κ3) is 3.78. The highest BCUT2D eigenvalue weighted by molar-refractivity contribution is 5.78. The van der Waals surface area contributed by atoms with Gasteiger partial charge in [0.1, 0.15) is 0 Å². The van der Waals surface area contributed by atoms with Crippen molar-refractivity contribution >= 4 is 5.97 Å². The van der Waals surface area contributed by atoms with E-state index in [-0.39, 0.29) is 11.9 Å². The monoisotopic (exact) mass is 263 g/mol. The number of rotatable bonds is 4. The Morgan fingerprint density at radius 3 is 2.53 bits per heavy atom. The second kappa shape index (κ2) is 6.68. The molecular formula is C15H21NO3. The van der Waals surface area contributed by atoms with Gasteiger partial charge >= 0.3 is 5.97 Å². The van der Waals surface area contributed by atoms with Gasteiger partial charge in [-0.3, -0.25) is 9.69 Å². The second-order valence-corrected chi connectivity index (χ2v) is 4.90. The minimum Gasteiger partial charge on any atom is -0.469 e. The van der Waals surface area contributed by atoms with Crippen molar-refractivity contribution in [2.75, 3.05) is 40.0 Å². The first-order valence-electron chi connectivity index (χ1n) is 6.65. The number of hydrogen-bond donors (Lipinski definition) is 0. The van der Waals surface area contributed by atoms with Gasteiger partial charge in [0.25, 0.3) is 0 Å². The Hall–Kier alpha value is -1.39. The average molecular weight is 263 g/mol. The topological polar surface area (TPSA) is 38.8 Å². The van der Waals surface area contributed by atoms with Crippen LogP contribution < -0.4 is 0 Å². The lowest BCUT2D eigenvalue weighted by atomic mass is 9.97. The molecule has 0 N–H and O–H groups in total. The molecule has 4 heteroatoms. The molecule has 0 aliphatic carbocycles. The van der Waals surface area contributed by atoms with Crippen molar-refractivity contribution in [3.8, 4) is 0 Å². The van der Waals surface area contributed by atoms with Crippen molar-refractivity contribution < 1.29 is 14.3 Å². The molecule has 0 spiro atoms. The summed E-state index contributed by atoms with van der Waals surface area (Å²) in [5, 5.41) is 0. The fraction of sp³-hybridized carbons (Fsp3) is 0.533. The van der Waals surface area contributed by atoms with Crippen LogP contribution in [-0.4, -0.2) is 50.8 Å². The lowest BCUT2D eigenvalue weighted by Crippen LogP contribution is -2.40. The van der Waals surface area contributed by atoms with E-state index in [9.17, 15) is 4.79 Å². The molecule has 104 valence electrons. The zero-order valence-electron chi connectivity index (χ0n) is 11.6. The number of morpholine rings is 1. The SMILES string of the molecule is COC(=O)C(CN1CCOCC1)c1ccc(C)cc1. The Bertz CT molecular complexity index is 410. The quantitative estimate of drug-likeness (QED) is 0.773. The smallest absolute Gasteiger partial charge is 0.314 e. The molecule has 1 aliphatic heterocycles. The summed E-state index contributed by atoms with van der Waals surface area (Å²) in [6, 6.07) is 8.09. The van der Waals surface area contributed by atoms with Crippen molar-refractivity contribution in [2.24, 2.45) is 0 Å². The number of carbonyl (C=O) groups is 1. The molecule has 1 fully saturated rings. The van der Waals surface area contributed by atoms with E-state index < -0.39 is 0 Å². The molecular weight excluding hydrogens is 242 g/mol. The van der Waals surface area contributed by atoms with Crippen molar-refractivity contribution in [2.45, 2.75) is 12.8 Å². The zero-order chi connectivity index (χ0) is 13.7. The molecule has 1 aliphatic rings. The number of hydrogen-bond acceptors (Lipinski definition) is 4. The van der Waals surface area contributed by atoms with E-state index in [0.29, 0.717) is 6.54 Å². The Labute approximate surface area is 114 Å². The van der Waals surface area contributed by atoms with Crippen LogP contribution in [0.1, 0.15) is 17.0 Å². The fourth-order valence-corrected chi connectivity index (χ4v) is 2.30.